The zero-order valence-electron chi connectivity index (χ0n) is 88.6. The van der Waals surface area contributed by atoms with Crippen LogP contribution >= 0.6 is 0 Å². The van der Waals surface area contributed by atoms with E-state index in [0.29, 0.717) is 28.3 Å². The molecule has 8 aromatic carbocycles. The molecule has 38 heteroatoms. The first-order chi connectivity index (χ1) is 70.8. The van der Waals surface area contributed by atoms with Crippen LogP contribution in [0.25, 0.3) is 16.9 Å². The molecule has 2 aliphatic heterocycles. The average molecular weight is 2080 g/mol. The van der Waals surface area contributed by atoms with Crippen molar-refractivity contribution < 1.29 is 58.4 Å². The van der Waals surface area contributed by atoms with Crippen molar-refractivity contribution in [2.45, 2.75) is 253 Å². The van der Waals surface area contributed by atoms with Crippen molar-refractivity contribution in [2.75, 3.05) is 70.0 Å². The van der Waals surface area contributed by atoms with Gasteiger partial charge in [-0.05, 0) is 253 Å². The molecular weight excluding hydrogens is 1950 g/mol. The molecular formula is C111H136N22O13S3. The summed E-state index contributed by atoms with van der Waals surface area (Å²) in [6.07, 6.45) is 12.2. The summed E-state index contributed by atoms with van der Waals surface area (Å²) in [6.45, 7) is 59.7. The van der Waals surface area contributed by atoms with E-state index in [0.717, 1.165) is 208 Å². The number of benzene rings is 8. The molecule has 786 valence electrons. The Labute approximate surface area is 881 Å². The summed E-state index contributed by atoms with van der Waals surface area (Å²) in [5.74, 6) is 2.48. The molecule has 3 aliphatic rings. The Bertz CT molecular complexity index is 6950. The Morgan fingerprint density at radius 1 is 0.356 bits per heavy atom. The van der Waals surface area contributed by atoms with Gasteiger partial charge in [0, 0.05) is 192 Å². The number of fused-ring (bicyclic) bond motifs is 3. The van der Waals surface area contributed by atoms with Crippen LogP contribution in [0.3, 0.4) is 0 Å². The molecule has 4 amide bonds. The van der Waals surface area contributed by atoms with E-state index in [1.165, 1.54) is 19.3 Å². The summed E-state index contributed by atoms with van der Waals surface area (Å²) in [4.78, 5) is 62.1. The van der Waals surface area contributed by atoms with Gasteiger partial charge in [0.25, 0.3) is 23.6 Å². The molecule has 0 radical (unpaired) electrons. The van der Waals surface area contributed by atoms with Gasteiger partial charge in [0.05, 0.1) is 5.54 Å². The van der Waals surface area contributed by atoms with Gasteiger partial charge in [-0.1, -0.05) is 155 Å². The van der Waals surface area contributed by atoms with Crippen LogP contribution in [0.2, 0.25) is 0 Å². The zero-order valence-corrected chi connectivity index (χ0v) is 91.0. The van der Waals surface area contributed by atoms with Gasteiger partial charge in [-0.2, -0.15) is 25.3 Å². The molecule has 1 saturated carbocycles. The number of hydrogen-bond acceptors (Lipinski definition) is 22. The number of nitrogens with zero attached hydrogens (tertiary/aromatic N) is 13. The van der Waals surface area contributed by atoms with Gasteiger partial charge in [0.15, 0.2) is 34.4 Å². The van der Waals surface area contributed by atoms with Crippen molar-refractivity contribution in [3.8, 4) is 0 Å². The molecule has 2 saturated heterocycles. The summed E-state index contributed by atoms with van der Waals surface area (Å²) in [5, 5.41) is 59.3. The number of carbonyl (C=O) groups is 4. The number of likely N-dealkylation sites (tertiary alicyclic amines) is 2. The molecule has 0 spiro atoms. The number of piperidine rings is 2. The van der Waals surface area contributed by atoms with E-state index in [1.54, 1.807) is 11.0 Å². The van der Waals surface area contributed by atoms with Crippen molar-refractivity contribution in [2.24, 2.45) is 0 Å². The molecule has 149 heavy (non-hydrogen) atoms. The van der Waals surface area contributed by atoms with E-state index in [-0.39, 0.29) is 34.5 Å². The maximum absolute atomic E-state index is 14.0. The van der Waals surface area contributed by atoms with Crippen LogP contribution in [-0.4, -0.2) is 173 Å². The van der Waals surface area contributed by atoms with Crippen LogP contribution in [0.15, 0.2) is 200 Å². The van der Waals surface area contributed by atoms with E-state index >= 15 is 0 Å². The van der Waals surface area contributed by atoms with Crippen molar-refractivity contribution in [3.63, 3.8) is 0 Å². The van der Waals surface area contributed by atoms with Gasteiger partial charge in [-0.25, -0.2) is 13.5 Å². The topological polar surface area (TPSA) is 453 Å². The van der Waals surface area contributed by atoms with Crippen molar-refractivity contribution >= 4 is 138 Å². The first-order valence-electron chi connectivity index (χ1n) is 49.2. The normalized spacial score (nSPS) is 13.2. The van der Waals surface area contributed by atoms with Crippen LogP contribution in [0.5, 0.6) is 0 Å². The molecule has 0 unspecified atom stereocenters. The third kappa shape index (κ3) is 29.6. The number of aryl methyl sites for hydroxylation is 4. The van der Waals surface area contributed by atoms with Gasteiger partial charge in [-0.15, -0.1) is 30.6 Å². The van der Waals surface area contributed by atoms with E-state index in [1.807, 2.05) is 176 Å². The Hall–Kier alpha value is -14.8. The third-order valence-electron chi connectivity index (χ3n) is 27.7. The van der Waals surface area contributed by atoms with Gasteiger partial charge >= 0.3 is 68.6 Å². The Balaban J connectivity index is 0.000000234. The van der Waals surface area contributed by atoms with Crippen molar-refractivity contribution in [3.05, 3.63) is 294 Å². The molecule has 9 N–H and O–H groups in total. The summed E-state index contributed by atoms with van der Waals surface area (Å²) >= 11 is -2.25. The van der Waals surface area contributed by atoms with Gasteiger partial charge < -0.3 is 46.6 Å². The summed E-state index contributed by atoms with van der Waals surface area (Å²) < 4.78 is 78.2. The van der Waals surface area contributed by atoms with Gasteiger partial charge in [-0.3, -0.25) is 39.4 Å². The molecule has 1 aliphatic carbocycles. The summed E-state index contributed by atoms with van der Waals surface area (Å²) in [5.41, 5.74) is 18.9. The minimum absolute atomic E-state index is 0.00874. The predicted octanol–water partition coefficient (Wildman–Crippen LogP) is 21.4. The first-order valence-corrected chi connectivity index (χ1v) is 51.2. The molecule has 6 aromatic heterocycles. The quantitative estimate of drug-likeness (QED) is 0.0200. The predicted molar refractivity (Wildman–Crippen MR) is 581 cm³/mol. The van der Waals surface area contributed by atoms with Crippen LogP contribution in [0.4, 0.5) is 62.6 Å². The minimum atomic E-state index is -0.750. The molecule has 8 heterocycles. The second-order valence-corrected chi connectivity index (χ2v) is 42.2. The number of hydrogen-bond donors (Lipinski definition) is 9. The van der Waals surface area contributed by atoms with Gasteiger partial charge in [0.1, 0.15) is 0 Å². The Kier molecular flexibility index (Phi) is 41.6. The van der Waals surface area contributed by atoms with E-state index in [4.69, 9.17) is 39.2 Å². The maximum atomic E-state index is 14.0. The first kappa shape index (κ1) is 118. The zero-order chi connectivity index (χ0) is 110. The third-order valence-corrected chi connectivity index (χ3v) is 27.7. The fraction of sp³-hybridized carbons (Fsp3) is 0.396. The van der Waals surface area contributed by atoms with Crippen LogP contribution in [0.1, 0.15) is 274 Å². The van der Waals surface area contributed by atoms with E-state index < -0.39 is 62.2 Å². The van der Waals surface area contributed by atoms with Crippen molar-refractivity contribution in [1.82, 2.24) is 74.1 Å². The Morgan fingerprint density at radius 2 is 0.685 bits per heavy atom. The van der Waals surface area contributed by atoms with Crippen LogP contribution in [-0.2, 0) is 75.9 Å². The SMILES string of the molecule is Cc1cc2nnc(C(C)(C)Nc3cc(Nc4cccc(C(=O)N(C)C5CCCCC5)c4)ccc3C)n2[nH]1.Cc1ccc(Nc2cc(C(=O)N3CCCCC3)cc(C(=O)N3CCCCC3)c2)cc1NC(C)(C)C(C)(C)c1nnc2cc(C(C)(C)C)[nH]n12.Cc1ccc(Nc2cccc(C(=O)N(c3ccccc3)c3ccccc3)c2)cc1NC(C)(C)C(C)(C)c1nnc2cc(C(C)(C)C)[nH]n12.O=S=O.O=S=O.O=S=O.[C-]#[O+].[C-]#[O+].[C-]#[O+]. The molecule has 35 nitrogen and oxygen atoms in total. The number of carbonyl (C=O) groups excluding carboxylic acids is 4. The number of H-pyrrole nitrogens is 3. The molecule has 0 atom stereocenters. The second kappa shape index (κ2) is 52.7. The molecule has 17 rings (SSSR count). The number of rotatable bonds is 24. The number of aromatic nitrogens is 12. The molecule has 3 fully saturated rings. The average Bonchev–Trinajstić information content (AvgIpc) is 1.61. The number of amides is 4. The summed E-state index contributed by atoms with van der Waals surface area (Å²) in [6, 6.07) is 65.7. The number of para-hydroxylation sites is 2. The number of aromatic amines is 3. The monoisotopic (exact) mass is 2080 g/mol. The molecule has 0 bridgehead atoms. The number of anilines is 11. The van der Waals surface area contributed by atoms with E-state index in [9.17, 15) is 19.2 Å². The van der Waals surface area contributed by atoms with Gasteiger partial charge in [0.2, 0.25) is 0 Å². The summed E-state index contributed by atoms with van der Waals surface area (Å²) in [7, 11) is 1.94. The fourth-order valence-electron chi connectivity index (χ4n) is 17.9. The number of nitrogens with one attached hydrogen (secondary N) is 9. The molecule has 14 aromatic rings. The fourth-order valence-corrected chi connectivity index (χ4v) is 17.9. The Morgan fingerprint density at radius 3 is 1.07 bits per heavy atom. The standard InChI is InChI=1S/C40H45N7O.C39H54N8O2.C29H37N7O.3CO.3O2S/c1-27-22-23-30(25-33(27)42-40(7,8)39(5,6)37-44-43-35-26-34(38(2,3)4)45-47(35)37)41-29-17-15-16-28(24-29)36(48)46(31-18-11-9-12-19-31)32-20-13-10-14-21-32;1-26-15-16-29(24-31(26)41-39(7,8)38(5,6)36-43-42-33-25-32(37(2,3)4)44-47(33)36)40-30-22-27(34(48)45-17-11-9-12-18-45)21-28(23-30)35(49)46-19-13-10-14-20-46;1-19-14-15-23(18-25(19)31-29(3,4)28-33-32-26-16-20(2)34-36(26)28)30-22-11-9-10-21(17-22)27(37)35(5)24-12-7-6-8-13-24;3*1-2;3*1-3-2/h9-26,41-42,45H,1-8H3;15-16,21-25,40-41,44H,9-14,17-20H2,1-8H3;9-11,14-18,24,30-31,34H,6-8,12-13H2,1-5H3;;;;;;. The van der Waals surface area contributed by atoms with Crippen LogP contribution < -0.4 is 36.8 Å². The van der Waals surface area contributed by atoms with Crippen LogP contribution in [0, 0.1) is 47.6 Å². The van der Waals surface area contributed by atoms with E-state index in [2.05, 4.69) is 290 Å². The second-order valence-electron chi connectivity index (χ2n) is 41.8. The van der Waals surface area contributed by atoms with Crippen molar-refractivity contribution in [1.29, 1.82) is 0 Å².